The third-order valence-electron chi connectivity index (χ3n) is 7.36. The predicted octanol–water partition coefficient (Wildman–Crippen LogP) is 2.04. The number of nitriles is 1. The van der Waals surface area contributed by atoms with Crippen molar-refractivity contribution in [1.82, 2.24) is 35.0 Å². The monoisotopic (exact) mass is 508 g/mol. The summed E-state index contributed by atoms with van der Waals surface area (Å²) in [4.78, 5) is 22.2. The van der Waals surface area contributed by atoms with E-state index in [1.165, 1.54) is 17.1 Å². The van der Waals surface area contributed by atoms with Crippen molar-refractivity contribution in [2.24, 2.45) is 0 Å². The Morgan fingerprint density at radius 1 is 1.25 bits per heavy atom. The van der Waals surface area contributed by atoms with Crippen molar-refractivity contribution in [3.05, 3.63) is 63.8 Å². The Hall–Kier alpha value is -3.46. The number of fused-ring (bicyclic) bond motifs is 2. The van der Waals surface area contributed by atoms with Gasteiger partial charge in [0.1, 0.15) is 23.8 Å². The Morgan fingerprint density at radius 3 is 2.94 bits per heavy atom. The summed E-state index contributed by atoms with van der Waals surface area (Å²) >= 11 is 6.31. The van der Waals surface area contributed by atoms with Gasteiger partial charge in [0.2, 0.25) is 5.91 Å². The topological polar surface area (TPSA) is 113 Å². The number of amides is 1. The summed E-state index contributed by atoms with van der Waals surface area (Å²) in [6.45, 7) is 2.89. The van der Waals surface area contributed by atoms with Gasteiger partial charge in [0.15, 0.2) is 5.82 Å². The van der Waals surface area contributed by atoms with Crippen LogP contribution in [0, 0.1) is 17.1 Å². The Bertz CT molecular complexity index is 1360. The molecule has 36 heavy (non-hydrogen) atoms. The average Bonchev–Trinajstić information content (AvgIpc) is 3.58. The van der Waals surface area contributed by atoms with E-state index >= 15 is 0 Å². The molecule has 3 aromatic rings. The van der Waals surface area contributed by atoms with Gasteiger partial charge < -0.3 is 9.64 Å². The number of morpholine rings is 1. The van der Waals surface area contributed by atoms with Crippen LogP contribution < -0.4 is 0 Å². The molecule has 0 bridgehead atoms. The summed E-state index contributed by atoms with van der Waals surface area (Å²) in [5, 5.41) is 20.5. The maximum Gasteiger partial charge on any atom is 0.230 e. The van der Waals surface area contributed by atoms with Crippen LogP contribution in [0.5, 0.6) is 0 Å². The normalized spacial score (nSPS) is 23.7. The van der Waals surface area contributed by atoms with Crippen LogP contribution in [0.3, 0.4) is 0 Å². The molecule has 0 saturated carbocycles. The summed E-state index contributed by atoms with van der Waals surface area (Å²) < 4.78 is 21.5. The minimum absolute atomic E-state index is 0.0646. The fourth-order valence-electron chi connectivity index (χ4n) is 5.44. The van der Waals surface area contributed by atoms with Crippen molar-refractivity contribution in [2.75, 3.05) is 32.8 Å². The summed E-state index contributed by atoms with van der Waals surface area (Å²) in [6.07, 6.45) is 4.47. The maximum absolute atomic E-state index is 13.9. The van der Waals surface area contributed by atoms with Crippen LogP contribution in [-0.2, 0) is 16.0 Å². The number of piperazine rings is 1. The first-order valence-electron chi connectivity index (χ1n) is 11.8. The number of hydrogen-bond donors (Lipinski definition) is 0. The van der Waals surface area contributed by atoms with Crippen molar-refractivity contribution in [3.63, 3.8) is 0 Å². The summed E-state index contributed by atoms with van der Waals surface area (Å²) in [5.41, 5.74) is 2.53. The second-order valence-corrected chi connectivity index (χ2v) is 9.66. The molecule has 1 aromatic carbocycles. The van der Waals surface area contributed by atoms with Crippen molar-refractivity contribution >= 4 is 17.5 Å². The third-order valence-corrected chi connectivity index (χ3v) is 7.76. The van der Waals surface area contributed by atoms with Gasteiger partial charge in [-0.25, -0.2) is 9.37 Å². The molecule has 4 heterocycles. The number of aromatic nitrogens is 5. The fourth-order valence-corrected chi connectivity index (χ4v) is 5.76. The number of carbonyl (C=O) groups excluding carboxylic acids is 1. The van der Waals surface area contributed by atoms with Gasteiger partial charge in [0.05, 0.1) is 29.7 Å². The number of pyridine rings is 1. The standard InChI is InChI=1S/C24H22ClFN8O2/c25-23-17(3-4-20(26)18(23)8-27)21-11-32-5-6-33(10-15(32)12-36-21)24(35)16-2-1-14-7-22(28-9-19(14)16)34-13-29-30-31-34/h3-4,7,9,13,15-16,21H,1-2,5-6,10-12H2. The minimum atomic E-state index is -0.637. The van der Waals surface area contributed by atoms with Gasteiger partial charge in [-0.1, -0.05) is 17.7 Å². The van der Waals surface area contributed by atoms with Crippen molar-refractivity contribution in [3.8, 4) is 11.9 Å². The van der Waals surface area contributed by atoms with Gasteiger partial charge in [0, 0.05) is 37.9 Å². The van der Waals surface area contributed by atoms with E-state index in [4.69, 9.17) is 16.3 Å². The summed E-state index contributed by atoms with van der Waals surface area (Å²) in [6, 6.07) is 6.68. The van der Waals surface area contributed by atoms with Crippen molar-refractivity contribution in [1.29, 1.82) is 5.26 Å². The number of rotatable bonds is 3. The largest absolute Gasteiger partial charge is 0.370 e. The molecule has 10 nitrogen and oxygen atoms in total. The van der Waals surface area contributed by atoms with Crippen LogP contribution in [0.2, 0.25) is 5.02 Å². The summed E-state index contributed by atoms with van der Waals surface area (Å²) in [5.74, 6) is -0.0886. The number of aryl methyl sites for hydroxylation is 1. The van der Waals surface area contributed by atoms with Gasteiger partial charge in [-0.15, -0.1) is 5.10 Å². The molecular formula is C24H22ClFN8O2. The molecule has 184 valence electrons. The van der Waals surface area contributed by atoms with Gasteiger partial charge >= 0.3 is 0 Å². The van der Waals surface area contributed by atoms with Gasteiger partial charge in [-0.2, -0.15) is 9.94 Å². The van der Waals surface area contributed by atoms with E-state index in [-0.39, 0.29) is 34.6 Å². The van der Waals surface area contributed by atoms with Crippen LogP contribution in [0.4, 0.5) is 4.39 Å². The number of benzene rings is 1. The van der Waals surface area contributed by atoms with Crippen LogP contribution in [0.1, 0.15) is 40.7 Å². The lowest BCUT2D eigenvalue weighted by molar-refractivity contribution is -0.141. The predicted molar refractivity (Wildman–Crippen MR) is 125 cm³/mol. The highest BCUT2D eigenvalue weighted by Crippen LogP contribution is 2.37. The molecule has 2 fully saturated rings. The fraction of sp³-hybridized carbons (Fsp3) is 0.417. The highest BCUT2D eigenvalue weighted by atomic mass is 35.5. The van der Waals surface area contributed by atoms with E-state index < -0.39 is 5.82 Å². The lowest BCUT2D eigenvalue weighted by Gasteiger charge is -2.46. The summed E-state index contributed by atoms with van der Waals surface area (Å²) in [7, 11) is 0. The zero-order valence-corrected chi connectivity index (χ0v) is 20.0. The van der Waals surface area contributed by atoms with E-state index in [1.807, 2.05) is 17.0 Å². The smallest absolute Gasteiger partial charge is 0.230 e. The average molecular weight is 509 g/mol. The molecule has 6 rings (SSSR count). The first kappa shape index (κ1) is 23.0. The number of carbonyl (C=O) groups is 1. The van der Waals surface area contributed by atoms with Crippen LogP contribution in [0.15, 0.2) is 30.7 Å². The molecule has 2 aliphatic heterocycles. The number of tetrazole rings is 1. The minimum Gasteiger partial charge on any atom is -0.370 e. The van der Waals surface area contributed by atoms with Crippen LogP contribution >= 0.6 is 11.6 Å². The van der Waals surface area contributed by atoms with Gasteiger partial charge in [-0.05, 0) is 46.5 Å². The number of nitrogens with zero attached hydrogens (tertiary/aromatic N) is 8. The maximum atomic E-state index is 13.9. The highest BCUT2D eigenvalue weighted by Gasteiger charge is 2.39. The lowest BCUT2D eigenvalue weighted by atomic mass is 9.99. The van der Waals surface area contributed by atoms with Crippen molar-refractivity contribution < 1.29 is 13.9 Å². The van der Waals surface area contributed by atoms with Crippen molar-refractivity contribution in [2.45, 2.75) is 30.9 Å². The Balaban J connectivity index is 1.12. The van der Waals surface area contributed by atoms with Crippen LogP contribution in [-0.4, -0.2) is 79.7 Å². The van der Waals surface area contributed by atoms with E-state index in [0.717, 1.165) is 24.0 Å². The first-order valence-corrected chi connectivity index (χ1v) is 12.2. The molecule has 0 N–H and O–H groups in total. The third kappa shape index (κ3) is 3.91. The zero-order valence-electron chi connectivity index (χ0n) is 19.2. The zero-order chi connectivity index (χ0) is 24.8. The van der Waals surface area contributed by atoms with Gasteiger partial charge in [0.25, 0.3) is 0 Å². The SMILES string of the molecule is N#Cc1c(F)ccc(C2CN3CCN(C(=O)C4CCc5cc(-n6cnnn6)ncc54)CC3CO2)c1Cl. The van der Waals surface area contributed by atoms with Gasteiger partial charge in [-0.3, -0.25) is 9.69 Å². The quantitative estimate of drug-likeness (QED) is 0.528. The Labute approximate surface area is 211 Å². The first-order chi connectivity index (χ1) is 17.5. The molecule has 3 aliphatic rings. The molecule has 3 unspecified atom stereocenters. The second-order valence-electron chi connectivity index (χ2n) is 9.28. The Morgan fingerprint density at radius 2 is 2.14 bits per heavy atom. The number of halogens is 2. The Kier molecular flexibility index (Phi) is 5.87. The van der Waals surface area contributed by atoms with E-state index in [9.17, 15) is 14.4 Å². The van der Waals surface area contributed by atoms with E-state index in [2.05, 4.69) is 25.4 Å². The number of hydrogen-bond acceptors (Lipinski definition) is 8. The lowest BCUT2D eigenvalue weighted by Crippen LogP contribution is -2.60. The molecular weight excluding hydrogens is 487 g/mol. The molecule has 12 heteroatoms. The number of ether oxygens (including phenoxy) is 1. The second kappa shape index (κ2) is 9.20. The van der Waals surface area contributed by atoms with E-state index in [0.29, 0.717) is 44.2 Å². The molecule has 0 spiro atoms. The molecule has 2 aromatic heterocycles. The molecule has 3 atom stereocenters. The van der Waals surface area contributed by atoms with E-state index in [1.54, 1.807) is 12.3 Å². The molecule has 2 saturated heterocycles. The highest BCUT2D eigenvalue weighted by molar-refractivity contribution is 6.32. The molecule has 1 amide bonds. The van der Waals surface area contributed by atoms with Crippen LogP contribution in [0.25, 0.3) is 5.82 Å². The molecule has 0 radical (unpaired) electrons. The molecule has 1 aliphatic carbocycles.